The molecule has 0 fully saturated rings. The lowest BCUT2D eigenvalue weighted by molar-refractivity contribution is 0.411. The van der Waals surface area contributed by atoms with Crippen molar-refractivity contribution in [2.75, 3.05) is 13.7 Å². The molecule has 0 saturated carbocycles. The number of ether oxygens (including phenoxy) is 1. The molecule has 4 nitrogen and oxygen atoms in total. The first-order valence-electron chi connectivity index (χ1n) is 6.39. The van der Waals surface area contributed by atoms with E-state index in [0.717, 1.165) is 17.9 Å². The van der Waals surface area contributed by atoms with Gasteiger partial charge in [-0.3, -0.25) is 9.97 Å². The summed E-state index contributed by atoms with van der Waals surface area (Å²) >= 11 is 0. The van der Waals surface area contributed by atoms with Gasteiger partial charge >= 0.3 is 0 Å². The van der Waals surface area contributed by atoms with Gasteiger partial charge in [-0.2, -0.15) is 0 Å². The highest BCUT2D eigenvalue weighted by Gasteiger charge is 2.16. The third kappa shape index (κ3) is 3.09. The van der Waals surface area contributed by atoms with Crippen molar-refractivity contribution >= 4 is 0 Å². The van der Waals surface area contributed by atoms with Crippen LogP contribution in [-0.4, -0.2) is 23.6 Å². The molecule has 0 amide bonds. The Labute approximate surface area is 113 Å². The number of methoxy groups -OCH3 is 1. The minimum Gasteiger partial charge on any atom is -0.495 e. The van der Waals surface area contributed by atoms with E-state index in [0.29, 0.717) is 0 Å². The summed E-state index contributed by atoms with van der Waals surface area (Å²) in [5.41, 5.74) is 3.46. The summed E-state index contributed by atoms with van der Waals surface area (Å²) in [6.07, 6.45) is 7.29. The second kappa shape index (κ2) is 6.29. The lowest BCUT2D eigenvalue weighted by Gasteiger charge is -2.20. The zero-order valence-corrected chi connectivity index (χ0v) is 11.6. The van der Waals surface area contributed by atoms with Gasteiger partial charge in [0.2, 0.25) is 0 Å². The summed E-state index contributed by atoms with van der Waals surface area (Å²) in [5.74, 6) is 0.766. The molecule has 0 radical (unpaired) electrons. The van der Waals surface area contributed by atoms with Crippen molar-refractivity contribution < 1.29 is 4.74 Å². The van der Waals surface area contributed by atoms with Crippen LogP contribution in [0, 0.1) is 6.92 Å². The van der Waals surface area contributed by atoms with E-state index in [1.54, 1.807) is 13.3 Å². The second-order valence-corrected chi connectivity index (χ2v) is 4.38. The van der Waals surface area contributed by atoms with Crippen molar-refractivity contribution in [1.82, 2.24) is 15.3 Å². The molecule has 0 aliphatic rings. The number of aryl methyl sites for hydroxylation is 1. The van der Waals surface area contributed by atoms with Gasteiger partial charge in [-0.15, -0.1) is 0 Å². The number of nitrogens with one attached hydrogen (secondary N) is 1. The summed E-state index contributed by atoms with van der Waals surface area (Å²) in [6.45, 7) is 5.05. The van der Waals surface area contributed by atoms with Crippen molar-refractivity contribution in [3.8, 4) is 5.75 Å². The highest BCUT2D eigenvalue weighted by molar-refractivity contribution is 5.36. The number of hydrogen-bond donors (Lipinski definition) is 1. The maximum atomic E-state index is 5.24. The minimum atomic E-state index is 0.0845. The maximum absolute atomic E-state index is 5.24. The van der Waals surface area contributed by atoms with Crippen LogP contribution in [0.2, 0.25) is 0 Å². The van der Waals surface area contributed by atoms with Crippen molar-refractivity contribution in [2.24, 2.45) is 0 Å². The van der Waals surface area contributed by atoms with Gasteiger partial charge in [0.15, 0.2) is 0 Å². The van der Waals surface area contributed by atoms with Crippen LogP contribution in [-0.2, 0) is 0 Å². The van der Waals surface area contributed by atoms with Crippen LogP contribution in [0.4, 0.5) is 0 Å². The van der Waals surface area contributed by atoms with Crippen molar-refractivity contribution in [3.63, 3.8) is 0 Å². The fraction of sp³-hybridized carbons (Fsp3) is 0.333. The molecule has 0 spiro atoms. The molecule has 2 aromatic heterocycles. The molecule has 1 unspecified atom stereocenters. The molecule has 0 aliphatic carbocycles. The van der Waals surface area contributed by atoms with E-state index in [-0.39, 0.29) is 6.04 Å². The Morgan fingerprint density at radius 2 is 2.11 bits per heavy atom. The predicted molar refractivity (Wildman–Crippen MR) is 75.3 cm³/mol. The van der Waals surface area contributed by atoms with Gasteiger partial charge in [0.25, 0.3) is 0 Å². The predicted octanol–water partition coefficient (Wildman–Crippen LogP) is 2.49. The number of aromatic nitrogens is 2. The Hall–Kier alpha value is -1.94. The highest BCUT2D eigenvalue weighted by atomic mass is 16.5. The van der Waals surface area contributed by atoms with E-state index >= 15 is 0 Å². The van der Waals surface area contributed by atoms with Crippen LogP contribution in [0.5, 0.6) is 5.75 Å². The zero-order chi connectivity index (χ0) is 13.7. The first kappa shape index (κ1) is 13.5. The first-order chi connectivity index (χ1) is 9.26. The Morgan fingerprint density at radius 3 is 2.79 bits per heavy atom. The highest BCUT2D eigenvalue weighted by Crippen LogP contribution is 2.25. The van der Waals surface area contributed by atoms with Gasteiger partial charge < -0.3 is 10.1 Å². The number of hydrogen-bond acceptors (Lipinski definition) is 4. The maximum Gasteiger partial charge on any atom is 0.137 e. The summed E-state index contributed by atoms with van der Waals surface area (Å²) in [7, 11) is 1.65. The topological polar surface area (TPSA) is 47.0 Å². The van der Waals surface area contributed by atoms with Crippen LogP contribution in [0.15, 0.2) is 36.9 Å². The largest absolute Gasteiger partial charge is 0.495 e. The van der Waals surface area contributed by atoms with Crippen molar-refractivity contribution in [3.05, 3.63) is 53.6 Å². The van der Waals surface area contributed by atoms with Gasteiger partial charge in [0.1, 0.15) is 5.75 Å². The molecular formula is C15H19N3O. The van der Waals surface area contributed by atoms with Crippen LogP contribution in [0.1, 0.15) is 29.7 Å². The number of pyridine rings is 2. The molecule has 2 rings (SSSR count). The quantitative estimate of drug-likeness (QED) is 0.894. The zero-order valence-electron chi connectivity index (χ0n) is 11.6. The van der Waals surface area contributed by atoms with Gasteiger partial charge in [-0.1, -0.05) is 6.92 Å². The normalized spacial score (nSPS) is 12.2. The molecule has 100 valence electrons. The van der Waals surface area contributed by atoms with Gasteiger partial charge in [0.05, 0.1) is 19.3 Å². The number of nitrogens with zero attached hydrogens (tertiary/aromatic N) is 2. The minimum absolute atomic E-state index is 0.0845. The molecule has 2 aromatic rings. The molecule has 19 heavy (non-hydrogen) atoms. The van der Waals surface area contributed by atoms with E-state index in [4.69, 9.17) is 4.74 Å². The molecule has 2 heterocycles. The standard InChI is InChI=1S/C15H19N3O/c1-4-18-15(14-10-16-6-5-11(14)2)12-7-13(19-3)9-17-8-12/h5-10,15,18H,4H2,1-3H3. The van der Waals surface area contributed by atoms with Gasteiger partial charge in [0, 0.05) is 18.6 Å². The van der Waals surface area contributed by atoms with E-state index in [1.807, 2.05) is 30.7 Å². The van der Waals surface area contributed by atoms with Crippen LogP contribution < -0.4 is 10.1 Å². The van der Waals surface area contributed by atoms with Crippen LogP contribution in [0.3, 0.4) is 0 Å². The fourth-order valence-electron chi connectivity index (χ4n) is 2.10. The summed E-state index contributed by atoms with van der Waals surface area (Å²) < 4.78 is 5.24. The Bertz CT molecular complexity index is 542. The monoisotopic (exact) mass is 257 g/mol. The molecule has 0 aliphatic heterocycles. The first-order valence-corrected chi connectivity index (χ1v) is 6.39. The number of rotatable bonds is 5. The Morgan fingerprint density at radius 1 is 1.26 bits per heavy atom. The van der Waals surface area contributed by atoms with Crippen LogP contribution in [0.25, 0.3) is 0 Å². The van der Waals surface area contributed by atoms with Gasteiger partial charge in [-0.25, -0.2) is 0 Å². The molecular weight excluding hydrogens is 238 g/mol. The SMILES string of the molecule is CCNC(c1cncc(OC)c1)c1cnccc1C. The van der Waals surface area contributed by atoms with Gasteiger partial charge in [-0.05, 0) is 42.3 Å². The fourth-order valence-corrected chi connectivity index (χ4v) is 2.10. The Kier molecular flexibility index (Phi) is 4.47. The lowest BCUT2D eigenvalue weighted by Crippen LogP contribution is -2.23. The molecule has 0 saturated heterocycles. The second-order valence-electron chi connectivity index (χ2n) is 4.38. The lowest BCUT2D eigenvalue weighted by atomic mass is 9.98. The van der Waals surface area contributed by atoms with Crippen molar-refractivity contribution in [1.29, 1.82) is 0 Å². The Balaban J connectivity index is 2.42. The van der Waals surface area contributed by atoms with E-state index < -0.39 is 0 Å². The van der Waals surface area contributed by atoms with E-state index in [2.05, 4.69) is 29.1 Å². The average molecular weight is 257 g/mol. The summed E-state index contributed by atoms with van der Waals surface area (Å²) in [4.78, 5) is 8.45. The summed E-state index contributed by atoms with van der Waals surface area (Å²) in [5, 5.41) is 3.47. The molecule has 0 aromatic carbocycles. The third-order valence-corrected chi connectivity index (χ3v) is 3.10. The van der Waals surface area contributed by atoms with E-state index in [1.165, 1.54) is 11.1 Å². The molecule has 0 bridgehead atoms. The summed E-state index contributed by atoms with van der Waals surface area (Å²) in [6, 6.07) is 4.11. The third-order valence-electron chi connectivity index (χ3n) is 3.10. The van der Waals surface area contributed by atoms with E-state index in [9.17, 15) is 0 Å². The molecule has 1 atom stereocenters. The smallest absolute Gasteiger partial charge is 0.137 e. The molecule has 4 heteroatoms. The average Bonchev–Trinajstić information content (AvgIpc) is 2.46. The molecule has 1 N–H and O–H groups in total. The van der Waals surface area contributed by atoms with Crippen molar-refractivity contribution in [2.45, 2.75) is 19.9 Å². The van der Waals surface area contributed by atoms with Crippen LogP contribution >= 0.6 is 0 Å².